The van der Waals surface area contributed by atoms with E-state index in [0.717, 1.165) is 5.56 Å². The summed E-state index contributed by atoms with van der Waals surface area (Å²) in [6.45, 7) is 0.199. The molecule has 0 fully saturated rings. The molecule has 0 unspecified atom stereocenters. The number of nitrogens with zero attached hydrogens (tertiary/aromatic N) is 2. The zero-order valence-corrected chi connectivity index (χ0v) is 11.2. The van der Waals surface area contributed by atoms with E-state index in [2.05, 4.69) is 4.98 Å². The second kappa shape index (κ2) is 5.38. The lowest BCUT2D eigenvalue weighted by Crippen LogP contribution is -2.26. The van der Waals surface area contributed by atoms with Gasteiger partial charge in [-0.25, -0.2) is 8.42 Å². The van der Waals surface area contributed by atoms with Crippen LogP contribution in [0.4, 0.5) is 0 Å². The molecule has 6 heteroatoms. The lowest BCUT2D eigenvalue weighted by atomic mass is 10.3. The summed E-state index contributed by atoms with van der Waals surface area (Å²) in [6.07, 6.45) is 3.23. The Kier molecular flexibility index (Phi) is 3.82. The van der Waals surface area contributed by atoms with Crippen molar-refractivity contribution in [3.05, 3.63) is 54.4 Å². The SMILES string of the molecule is CN(Cc1cccnc1)S(=O)(=O)c1ccccc1O. The maximum absolute atomic E-state index is 12.3. The van der Waals surface area contributed by atoms with Crippen LogP contribution in [0.15, 0.2) is 53.7 Å². The third-order valence-electron chi connectivity index (χ3n) is 2.68. The zero-order chi connectivity index (χ0) is 13.9. The molecule has 0 aliphatic carbocycles. The van der Waals surface area contributed by atoms with Gasteiger partial charge in [0.15, 0.2) is 0 Å². The molecule has 0 aliphatic rings. The van der Waals surface area contributed by atoms with Crippen LogP contribution in [0.5, 0.6) is 5.75 Å². The average molecular weight is 278 g/mol. The van der Waals surface area contributed by atoms with Crippen LogP contribution in [0.3, 0.4) is 0 Å². The standard InChI is InChI=1S/C13H14N2O3S/c1-15(10-11-5-4-8-14-9-11)19(17,18)13-7-3-2-6-12(13)16/h2-9,16H,10H2,1H3. The minimum absolute atomic E-state index is 0.0959. The maximum Gasteiger partial charge on any atom is 0.246 e. The van der Waals surface area contributed by atoms with Crippen molar-refractivity contribution in [2.24, 2.45) is 0 Å². The van der Waals surface area contributed by atoms with Crippen LogP contribution < -0.4 is 0 Å². The number of hydrogen-bond donors (Lipinski definition) is 1. The van der Waals surface area contributed by atoms with Crippen LogP contribution in [0.2, 0.25) is 0 Å². The van der Waals surface area contributed by atoms with E-state index < -0.39 is 10.0 Å². The van der Waals surface area contributed by atoms with Gasteiger partial charge >= 0.3 is 0 Å². The van der Waals surface area contributed by atoms with Gasteiger partial charge in [0, 0.05) is 26.0 Å². The summed E-state index contributed by atoms with van der Waals surface area (Å²) in [5, 5.41) is 9.64. The lowest BCUT2D eigenvalue weighted by molar-refractivity contribution is 0.439. The molecule has 0 saturated carbocycles. The van der Waals surface area contributed by atoms with E-state index >= 15 is 0 Å². The van der Waals surface area contributed by atoms with Gasteiger partial charge in [-0.2, -0.15) is 4.31 Å². The number of para-hydroxylation sites is 1. The van der Waals surface area contributed by atoms with E-state index in [1.165, 1.54) is 23.5 Å². The largest absolute Gasteiger partial charge is 0.507 e. The lowest BCUT2D eigenvalue weighted by Gasteiger charge is -2.17. The van der Waals surface area contributed by atoms with Crippen molar-refractivity contribution in [2.45, 2.75) is 11.4 Å². The molecule has 0 aliphatic heterocycles. The highest BCUT2D eigenvalue weighted by atomic mass is 32.2. The van der Waals surface area contributed by atoms with Crippen molar-refractivity contribution >= 4 is 10.0 Å². The summed E-state index contributed by atoms with van der Waals surface area (Å²) < 4.78 is 25.8. The number of pyridine rings is 1. The number of aromatic nitrogens is 1. The predicted molar refractivity (Wildman–Crippen MR) is 71.0 cm³/mol. The fourth-order valence-electron chi connectivity index (χ4n) is 1.68. The number of sulfonamides is 1. The summed E-state index contributed by atoms with van der Waals surface area (Å²) >= 11 is 0. The first-order valence-electron chi connectivity index (χ1n) is 5.65. The molecule has 2 aromatic rings. The normalized spacial score (nSPS) is 11.7. The Balaban J connectivity index is 2.28. The Morgan fingerprint density at radius 2 is 1.95 bits per heavy atom. The first-order valence-corrected chi connectivity index (χ1v) is 7.09. The van der Waals surface area contributed by atoms with Crippen LogP contribution in [0, 0.1) is 0 Å². The van der Waals surface area contributed by atoms with Crippen molar-refractivity contribution in [1.29, 1.82) is 0 Å². The summed E-state index contributed by atoms with van der Waals surface area (Å²) in [4.78, 5) is 3.84. The van der Waals surface area contributed by atoms with E-state index in [1.807, 2.05) is 0 Å². The van der Waals surface area contributed by atoms with Crippen LogP contribution >= 0.6 is 0 Å². The Labute approximate surface area is 112 Å². The average Bonchev–Trinajstić information content (AvgIpc) is 2.40. The summed E-state index contributed by atoms with van der Waals surface area (Å²) in [6, 6.07) is 9.43. The van der Waals surface area contributed by atoms with Crippen molar-refractivity contribution < 1.29 is 13.5 Å². The van der Waals surface area contributed by atoms with E-state index in [0.29, 0.717) is 0 Å². The number of phenolic OH excluding ortho intramolecular Hbond substituents is 1. The van der Waals surface area contributed by atoms with Gasteiger partial charge in [-0.1, -0.05) is 18.2 Å². The molecular weight excluding hydrogens is 264 g/mol. The molecule has 100 valence electrons. The number of hydrogen-bond acceptors (Lipinski definition) is 4. The van der Waals surface area contributed by atoms with Crippen molar-refractivity contribution in [2.75, 3.05) is 7.05 Å². The number of benzene rings is 1. The first kappa shape index (κ1) is 13.5. The van der Waals surface area contributed by atoms with Crippen LogP contribution in [0.25, 0.3) is 0 Å². The van der Waals surface area contributed by atoms with Gasteiger partial charge in [-0.05, 0) is 23.8 Å². The molecule has 1 aromatic heterocycles. The fourth-order valence-corrected chi connectivity index (χ4v) is 2.91. The number of aromatic hydroxyl groups is 1. The third kappa shape index (κ3) is 2.91. The number of phenols is 1. The molecule has 2 rings (SSSR count). The van der Waals surface area contributed by atoms with Gasteiger partial charge < -0.3 is 5.11 Å². The maximum atomic E-state index is 12.3. The van der Waals surface area contributed by atoms with Gasteiger partial charge in [-0.15, -0.1) is 0 Å². The second-order valence-electron chi connectivity index (χ2n) is 4.09. The highest BCUT2D eigenvalue weighted by Gasteiger charge is 2.23. The molecule has 0 spiro atoms. The summed E-state index contributed by atoms with van der Waals surface area (Å²) in [5.74, 6) is -0.250. The highest BCUT2D eigenvalue weighted by Crippen LogP contribution is 2.25. The minimum Gasteiger partial charge on any atom is -0.507 e. The Morgan fingerprint density at radius 1 is 1.21 bits per heavy atom. The van der Waals surface area contributed by atoms with E-state index in [-0.39, 0.29) is 17.2 Å². The minimum atomic E-state index is -3.71. The monoisotopic (exact) mass is 278 g/mol. The zero-order valence-electron chi connectivity index (χ0n) is 10.4. The van der Waals surface area contributed by atoms with Crippen molar-refractivity contribution in [3.8, 4) is 5.75 Å². The molecule has 1 heterocycles. The molecule has 0 atom stereocenters. The second-order valence-corrected chi connectivity index (χ2v) is 6.10. The van der Waals surface area contributed by atoms with E-state index in [9.17, 15) is 13.5 Å². The third-order valence-corrected chi connectivity index (χ3v) is 4.53. The van der Waals surface area contributed by atoms with Gasteiger partial charge in [0.1, 0.15) is 10.6 Å². The van der Waals surface area contributed by atoms with Crippen molar-refractivity contribution in [1.82, 2.24) is 9.29 Å². The molecule has 5 nitrogen and oxygen atoms in total. The van der Waals surface area contributed by atoms with Gasteiger partial charge in [0.05, 0.1) is 0 Å². The van der Waals surface area contributed by atoms with E-state index in [4.69, 9.17) is 0 Å². The Hall–Kier alpha value is -1.92. The summed E-state index contributed by atoms with van der Waals surface area (Å²) in [7, 11) is -2.25. The van der Waals surface area contributed by atoms with Gasteiger partial charge in [0.2, 0.25) is 10.0 Å². The van der Waals surface area contributed by atoms with Crippen molar-refractivity contribution in [3.63, 3.8) is 0 Å². The van der Waals surface area contributed by atoms with E-state index in [1.54, 1.807) is 36.7 Å². The van der Waals surface area contributed by atoms with Crippen LogP contribution in [-0.2, 0) is 16.6 Å². The fraction of sp³-hybridized carbons (Fsp3) is 0.154. The first-order chi connectivity index (χ1) is 9.01. The molecule has 0 saturated heterocycles. The molecule has 0 radical (unpaired) electrons. The molecular formula is C13H14N2O3S. The highest BCUT2D eigenvalue weighted by molar-refractivity contribution is 7.89. The smallest absolute Gasteiger partial charge is 0.246 e. The Morgan fingerprint density at radius 3 is 2.58 bits per heavy atom. The van der Waals surface area contributed by atoms with Gasteiger partial charge in [0.25, 0.3) is 0 Å². The molecule has 19 heavy (non-hydrogen) atoms. The molecule has 0 amide bonds. The molecule has 0 bridgehead atoms. The van der Waals surface area contributed by atoms with Crippen LogP contribution in [0.1, 0.15) is 5.56 Å². The number of rotatable bonds is 4. The molecule has 1 aromatic carbocycles. The molecule has 1 N–H and O–H groups in total. The van der Waals surface area contributed by atoms with Crippen LogP contribution in [-0.4, -0.2) is 29.9 Å². The predicted octanol–water partition coefficient (Wildman–Crippen LogP) is 1.61. The topological polar surface area (TPSA) is 70.5 Å². The van der Waals surface area contributed by atoms with Gasteiger partial charge in [-0.3, -0.25) is 4.98 Å². The summed E-state index contributed by atoms with van der Waals surface area (Å²) in [5.41, 5.74) is 0.781. The Bertz CT molecular complexity index is 657. The quantitative estimate of drug-likeness (QED) is 0.922.